The van der Waals surface area contributed by atoms with Crippen molar-refractivity contribution in [3.8, 4) is 11.6 Å². The van der Waals surface area contributed by atoms with Gasteiger partial charge in [-0.15, -0.1) is 10.2 Å². The average Bonchev–Trinajstić information content (AvgIpc) is 3.43. The van der Waals surface area contributed by atoms with Crippen molar-refractivity contribution in [1.82, 2.24) is 19.7 Å². The molecule has 0 bridgehead atoms. The van der Waals surface area contributed by atoms with Gasteiger partial charge < -0.3 is 9.32 Å². The highest BCUT2D eigenvalue weighted by atomic mass is 32.2. The number of benzene rings is 1. The molecular weight excluding hydrogens is 384 g/mol. The summed E-state index contributed by atoms with van der Waals surface area (Å²) in [6.45, 7) is 0.604. The van der Waals surface area contributed by atoms with E-state index in [0.717, 1.165) is 35.1 Å². The number of furan rings is 1. The van der Waals surface area contributed by atoms with Gasteiger partial charge in [0.05, 0.1) is 12.0 Å². The summed E-state index contributed by atoms with van der Waals surface area (Å²) in [6.07, 6.45) is 7.58. The molecule has 4 rings (SSSR count). The Morgan fingerprint density at radius 3 is 2.66 bits per heavy atom. The summed E-state index contributed by atoms with van der Waals surface area (Å²) in [4.78, 5) is 14.4. The second-order valence-corrected chi connectivity index (χ2v) is 8.41. The first-order valence-corrected chi connectivity index (χ1v) is 11.1. The van der Waals surface area contributed by atoms with Crippen LogP contribution >= 0.6 is 11.8 Å². The van der Waals surface area contributed by atoms with Gasteiger partial charge in [-0.25, -0.2) is 0 Å². The number of carbonyl (C=O) groups excluding carboxylic acids is 1. The van der Waals surface area contributed by atoms with E-state index in [1.54, 1.807) is 11.2 Å². The summed E-state index contributed by atoms with van der Waals surface area (Å²) < 4.78 is 7.77. The smallest absolute Gasteiger partial charge is 0.233 e. The molecule has 7 heteroatoms. The number of thioether (sulfide) groups is 1. The standard InChI is InChI=1S/C22H26N4O2S/c1-25(15-17-9-4-2-5-10-17)20(27)16-29-22-24-23-21(19-13-8-14-28-19)26(22)18-11-6-3-7-12-18/h2,4-5,8-10,13-14,18H,3,6-7,11-12,15-16H2,1H3. The Balaban J connectivity index is 1.47. The molecule has 1 fully saturated rings. The van der Waals surface area contributed by atoms with E-state index < -0.39 is 0 Å². The molecule has 2 aromatic heterocycles. The lowest BCUT2D eigenvalue weighted by Crippen LogP contribution is -2.28. The van der Waals surface area contributed by atoms with Gasteiger partial charge in [-0.3, -0.25) is 9.36 Å². The zero-order chi connectivity index (χ0) is 20.1. The highest BCUT2D eigenvalue weighted by Gasteiger charge is 2.25. The molecule has 1 amide bonds. The molecule has 1 aliphatic carbocycles. The lowest BCUT2D eigenvalue weighted by Gasteiger charge is -2.25. The van der Waals surface area contributed by atoms with Gasteiger partial charge in [0.15, 0.2) is 10.9 Å². The van der Waals surface area contributed by atoms with Gasteiger partial charge in [-0.1, -0.05) is 61.4 Å². The summed E-state index contributed by atoms with van der Waals surface area (Å²) >= 11 is 1.46. The van der Waals surface area contributed by atoms with Gasteiger partial charge >= 0.3 is 0 Å². The van der Waals surface area contributed by atoms with Crippen molar-refractivity contribution in [3.05, 3.63) is 54.3 Å². The third-order valence-electron chi connectivity index (χ3n) is 5.36. The largest absolute Gasteiger partial charge is 0.461 e. The van der Waals surface area contributed by atoms with Crippen LogP contribution < -0.4 is 0 Å². The Morgan fingerprint density at radius 2 is 1.93 bits per heavy atom. The molecule has 0 spiro atoms. The van der Waals surface area contributed by atoms with Gasteiger partial charge in [0, 0.05) is 19.6 Å². The predicted molar refractivity (Wildman–Crippen MR) is 113 cm³/mol. The van der Waals surface area contributed by atoms with Crippen LogP contribution in [0.4, 0.5) is 0 Å². The van der Waals surface area contributed by atoms with E-state index in [-0.39, 0.29) is 5.91 Å². The molecule has 0 N–H and O–H groups in total. The maximum Gasteiger partial charge on any atom is 0.233 e. The zero-order valence-corrected chi connectivity index (χ0v) is 17.5. The van der Waals surface area contributed by atoms with E-state index in [0.29, 0.717) is 18.3 Å². The third kappa shape index (κ3) is 4.72. The van der Waals surface area contributed by atoms with Crippen molar-refractivity contribution in [3.63, 3.8) is 0 Å². The molecule has 0 radical (unpaired) electrons. The van der Waals surface area contributed by atoms with Crippen LogP contribution in [0.3, 0.4) is 0 Å². The van der Waals surface area contributed by atoms with Crippen molar-refractivity contribution < 1.29 is 9.21 Å². The van der Waals surface area contributed by atoms with Crippen LogP contribution in [0.1, 0.15) is 43.7 Å². The molecule has 29 heavy (non-hydrogen) atoms. The van der Waals surface area contributed by atoms with E-state index in [1.165, 1.54) is 31.0 Å². The Morgan fingerprint density at radius 1 is 1.14 bits per heavy atom. The number of rotatable bonds is 7. The fourth-order valence-electron chi connectivity index (χ4n) is 3.80. The number of amides is 1. The van der Waals surface area contributed by atoms with Crippen molar-refractivity contribution >= 4 is 17.7 Å². The third-order valence-corrected chi connectivity index (χ3v) is 6.29. The molecule has 3 aromatic rings. The van der Waals surface area contributed by atoms with Gasteiger partial charge in [-0.05, 0) is 30.5 Å². The van der Waals surface area contributed by atoms with Crippen molar-refractivity contribution in [1.29, 1.82) is 0 Å². The molecule has 6 nitrogen and oxygen atoms in total. The summed E-state index contributed by atoms with van der Waals surface area (Å²) in [7, 11) is 1.84. The van der Waals surface area contributed by atoms with Gasteiger partial charge in [-0.2, -0.15) is 0 Å². The molecule has 0 atom stereocenters. The van der Waals surface area contributed by atoms with Crippen LogP contribution in [0.2, 0.25) is 0 Å². The van der Waals surface area contributed by atoms with Gasteiger partial charge in [0.25, 0.3) is 0 Å². The molecule has 1 aromatic carbocycles. The summed E-state index contributed by atoms with van der Waals surface area (Å²) in [5.41, 5.74) is 1.12. The van der Waals surface area contributed by atoms with Crippen molar-refractivity contribution in [2.24, 2.45) is 0 Å². The minimum Gasteiger partial charge on any atom is -0.461 e. The highest BCUT2D eigenvalue weighted by molar-refractivity contribution is 7.99. The highest BCUT2D eigenvalue weighted by Crippen LogP contribution is 2.35. The number of hydrogen-bond acceptors (Lipinski definition) is 5. The second-order valence-electron chi connectivity index (χ2n) is 7.47. The van der Waals surface area contributed by atoms with E-state index in [1.807, 2.05) is 49.5 Å². The Hall–Kier alpha value is -2.54. The quantitative estimate of drug-likeness (QED) is 0.524. The monoisotopic (exact) mass is 410 g/mol. The summed E-state index contributed by atoms with van der Waals surface area (Å²) in [5.74, 6) is 1.90. The fourth-order valence-corrected chi connectivity index (χ4v) is 4.75. The van der Waals surface area contributed by atoms with Gasteiger partial charge in [0.2, 0.25) is 11.7 Å². The van der Waals surface area contributed by atoms with Crippen LogP contribution in [0.5, 0.6) is 0 Å². The summed E-state index contributed by atoms with van der Waals surface area (Å²) in [5, 5.41) is 9.60. The fraction of sp³-hybridized carbons (Fsp3) is 0.409. The maximum atomic E-state index is 12.7. The van der Waals surface area contributed by atoms with E-state index in [4.69, 9.17) is 4.42 Å². The number of carbonyl (C=O) groups is 1. The van der Waals surface area contributed by atoms with Crippen LogP contribution in [0.25, 0.3) is 11.6 Å². The first-order chi connectivity index (χ1) is 14.2. The Labute approximate surface area is 175 Å². The zero-order valence-electron chi connectivity index (χ0n) is 16.7. The Bertz CT molecular complexity index is 918. The minimum absolute atomic E-state index is 0.0802. The van der Waals surface area contributed by atoms with Crippen molar-refractivity contribution in [2.75, 3.05) is 12.8 Å². The predicted octanol–water partition coefficient (Wildman–Crippen LogP) is 4.79. The van der Waals surface area contributed by atoms with E-state index >= 15 is 0 Å². The first-order valence-electron chi connectivity index (χ1n) is 10.1. The summed E-state index contributed by atoms with van der Waals surface area (Å²) in [6, 6.07) is 14.2. The van der Waals surface area contributed by atoms with Crippen LogP contribution in [0.15, 0.2) is 58.3 Å². The molecule has 152 valence electrons. The topological polar surface area (TPSA) is 64.2 Å². The minimum atomic E-state index is 0.0802. The molecule has 0 saturated heterocycles. The van der Waals surface area contributed by atoms with Crippen LogP contribution in [-0.4, -0.2) is 38.4 Å². The SMILES string of the molecule is CN(Cc1ccccc1)C(=O)CSc1nnc(-c2ccco2)n1C1CCCCC1. The van der Waals surface area contributed by atoms with Crippen molar-refractivity contribution in [2.45, 2.75) is 49.8 Å². The molecule has 1 aliphatic rings. The molecule has 0 unspecified atom stereocenters. The molecule has 1 saturated carbocycles. The Kier molecular flexibility index (Phi) is 6.34. The molecule has 2 heterocycles. The molecule has 0 aliphatic heterocycles. The number of aromatic nitrogens is 3. The lowest BCUT2D eigenvalue weighted by atomic mass is 9.95. The average molecular weight is 411 g/mol. The van der Waals surface area contributed by atoms with E-state index in [9.17, 15) is 4.79 Å². The van der Waals surface area contributed by atoms with Crippen LogP contribution in [0, 0.1) is 0 Å². The first kappa shape index (κ1) is 19.8. The van der Waals surface area contributed by atoms with Gasteiger partial charge in [0.1, 0.15) is 0 Å². The number of nitrogens with zero attached hydrogens (tertiary/aromatic N) is 4. The van der Waals surface area contributed by atoms with E-state index in [2.05, 4.69) is 14.8 Å². The van der Waals surface area contributed by atoms with Crippen LogP contribution in [-0.2, 0) is 11.3 Å². The maximum absolute atomic E-state index is 12.7. The second kappa shape index (κ2) is 9.31. The normalized spacial score (nSPS) is 14.8. The lowest BCUT2D eigenvalue weighted by molar-refractivity contribution is -0.127. The number of hydrogen-bond donors (Lipinski definition) is 0. The molecular formula is C22H26N4O2S.